The highest BCUT2D eigenvalue weighted by atomic mass is 16.5. The number of para-hydroxylation sites is 1. The zero-order valence-electron chi connectivity index (χ0n) is 14.3. The molecule has 1 amide bonds. The van der Waals surface area contributed by atoms with Crippen LogP contribution in [0.2, 0.25) is 0 Å². The lowest BCUT2D eigenvalue weighted by Gasteiger charge is -2.32. The van der Waals surface area contributed by atoms with Crippen LogP contribution in [0.3, 0.4) is 0 Å². The smallest absolute Gasteiger partial charge is 0.270 e. The maximum atomic E-state index is 12.8. The zero-order valence-corrected chi connectivity index (χ0v) is 14.3. The normalized spacial score (nSPS) is 16.4. The van der Waals surface area contributed by atoms with Gasteiger partial charge in [-0.25, -0.2) is 0 Å². The van der Waals surface area contributed by atoms with Crippen LogP contribution in [0, 0.1) is 5.92 Å². The van der Waals surface area contributed by atoms with Gasteiger partial charge in [0.25, 0.3) is 5.91 Å². The minimum Gasteiger partial charge on any atom is -0.378 e. The molecule has 0 N–H and O–H groups in total. The first-order valence-electron chi connectivity index (χ1n) is 8.51. The minimum atomic E-state index is 0.131. The van der Waals surface area contributed by atoms with E-state index in [1.807, 2.05) is 34.7 Å². The van der Waals surface area contributed by atoms with Crippen LogP contribution in [0.25, 0.3) is 10.9 Å². The van der Waals surface area contributed by atoms with E-state index in [1.165, 1.54) is 0 Å². The molecule has 1 aliphatic rings. The van der Waals surface area contributed by atoms with E-state index in [2.05, 4.69) is 26.0 Å². The lowest BCUT2D eigenvalue weighted by Crippen LogP contribution is -2.41. The van der Waals surface area contributed by atoms with Crippen molar-refractivity contribution in [2.45, 2.75) is 32.8 Å². The van der Waals surface area contributed by atoms with E-state index in [0.717, 1.165) is 49.1 Å². The number of likely N-dealkylation sites (tertiary alicyclic amines) is 1. The second-order valence-corrected chi connectivity index (χ2v) is 6.87. The summed E-state index contributed by atoms with van der Waals surface area (Å²) in [5, 5.41) is 1.12. The fourth-order valence-corrected chi connectivity index (χ4v) is 3.21. The fraction of sp³-hybridized carbons (Fsp3) is 0.526. The highest BCUT2D eigenvalue weighted by Crippen LogP contribution is 2.22. The molecule has 1 fully saturated rings. The predicted octanol–water partition coefficient (Wildman–Crippen LogP) is 3.46. The van der Waals surface area contributed by atoms with E-state index in [1.54, 1.807) is 0 Å². The van der Waals surface area contributed by atoms with Gasteiger partial charge in [-0.2, -0.15) is 0 Å². The summed E-state index contributed by atoms with van der Waals surface area (Å²) in [5.41, 5.74) is 1.87. The first kappa shape index (κ1) is 16.1. The van der Waals surface area contributed by atoms with Crippen molar-refractivity contribution in [3.8, 4) is 0 Å². The van der Waals surface area contributed by atoms with Crippen molar-refractivity contribution in [2.24, 2.45) is 13.0 Å². The Bertz CT molecular complexity index is 682. The van der Waals surface area contributed by atoms with Crippen molar-refractivity contribution < 1.29 is 9.53 Å². The van der Waals surface area contributed by atoms with Gasteiger partial charge in [0.1, 0.15) is 5.69 Å². The molecule has 2 heterocycles. The number of hydrogen-bond donors (Lipinski definition) is 0. The number of nitrogens with zero attached hydrogens (tertiary/aromatic N) is 2. The molecule has 0 aliphatic carbocycles. The van der Waals surface area contributed by atoms with E-state index in [0.29, 0.717) is 12.0 Å². The molecule has 1 aromatic carbocycles. The Hall–Kier alpha value is -1.81. The molecule has 0 bridgehead atoms. The zero-order chi connectivity index (χ0) is 16.4. The van der Waals surface area contributed by atoms with E-state index < -0.39 is 0 Å². The fourth-order valence-electron chi connectivity index (χ4n) is 3.21. The molecule has 1 aromatic heterocycles. The standard InChI is InChI=1S/C19H26N2O2/c1-14(2)13-23-16-8-10-21(11-9-16)19(22)18-12-15-6-4-5-7-17(15)20(18)3/h4-7,12,14,16H,8-11,13H2,1-3H3. The van der Waals surface area contributed by atoms with Gasteiger partial charge in [0.2, 0.25) is 0 Å². The first-order chi connectivity index (χ1) is 11.1. The molecule has 23 heavy (non-hydrogen) atoms. The number of benzene rings is 1. The van der Waals surface area contributed by atoms with E-state index >= 15 is 0 Å². The van der Waals surface area contributed by atoms with Gasteiger partial charge in [0.05, 0.1) is 6.10 Å². The Morgan fingerprint density at radius 1 is 1.26 bits per heavy atom. The third-order valence-corrected chi connectivity index (χ3v) is 4.57. The maximum absolute atomic E-state index is 12.8. The van der Waals surface area contributed by atoms with E-state index in [4.69, 9.17) is 4.74 Å². The average molecular weight is 314 g/mol. The number of rotatable bonds is 4. The molecule has 1 saturated heterocycles. The number of fused-ring (bicyclic) bond motifs is 1. The number of amides is 1. The summed E-state index contributed by atoms with van der Waals surface area (Å²) in [6, 6.07) is 10.1. The van der Waals surface area contributed by atoms with Gasteiger partial charge in [-0.1, -0.05) is 32.0 Å². The molecular formula is C19H26N2O2. The molecule has 4 nitrogen and oxygen atoms in total. The Morgan fingerprint density at radius 3 is 2.61 bits per heavy atom. The Morgan fingerprint density at radius 2 is 1.96 bits per heavy atom. The monoisotopic (exact) mass is 314 g/mol. The van der Waals surface area contributed by atoms with Crippen molar-refractivity contribution in [3.63, 3.8) is 0 Å². The minimum absolute atomic E-state index is 0.131. The summed E-state index contributed by atoms with van der Waals surface area (Å²) in [6.45, 7) is 6.70. The Balaban J connectivity index is 1.66. The van der Waals surface area contributed by atoms with Gasteiger partial charge < -0.3 is 14.2 Å². The van der Waals surface area contributed by atoms with Crippen LogP contribution in [0.5, 0.6) is 0 Å². The highest BCUT2D eigenvalue weighted by Gasteiger charge is 2.26. The lowest BCUT2D eigenvalue weighted by atomic mass is 10.1. The largest absolute Gasteiger partial charge is 0.378 e. The van der Waals surface area contributed by atoms with Gasteiger partial charge in [0, 0.05) is 37.6 Å². The predicted molar refractivity (Wildman–Crippen MR) is 92.6 cm³/mol. The van der Waals surface area contributed by atoms with Crippen LogP contribution in [-0.4, -0.2) is 41.2 Å². The summed E-state index contributed by atoms with van der Waals surface area (Å²) in [5.74, 6) is 0.691. The number of ether oxygens (including phenoxy) is 1. The summed E-state index contributed by atoms with van der Waals surface area (Å²) in [4.78, 5) is 14.8. The molecule has 0 radical (unpaired) electrons. The topological polar surface area (TPSA) is 34.5 Å². The quantitative estimate of drug-likeness (QED) is 0.866. The summed E-state index contributed by atoms with van der Waals surface area (Å²) in [6.07, 6.45) is 2.17. The summed E-state index contributed by atoms with van der Waals surface area (Å²) >= 11 is 0. The highest BCUT2D eigenvalue weighted by molar-refractivity contribution is 5.98. The molecule has 0 unspecified atom stereocenters. The number of hydrogen-bond acceptors (Lipinski definition) is 2. The van der Waals surface area contributed by atoms with E-state index in [9.17, 15) is 4.79 Å². The molecule has 2 aromatic rings. The van der Waals surface area contributed by atoms with Gasteiger partial charge in [-0.15, -0.1) is 0 Å². The van der Waals surface area contributed by atoms with Crippen molar-refractivity contribution in [2.75, 3.05) is 19.7 Å². The van der Waals surface area contributed by atoms with Gasteiger partial charge in [-0.3, -0.25) is 4.79 Å². The maximum Gasteiger partial charge on any atom is 0.270 e. The molecule has 4 heteroatoms. The van der Waals surface area contributed by atoms with Crippen LogP contribution in [0.4, 0.5) is 0 Å². The molecule has 0 atom stereocenters. The van der Waals surface area contributed by atoms with Crippen LogP contribution in [0.15, 0.2) is 30.3 Å². The van der Waals surface area contributed by atoms with Crippen molar-refractivity contribution in [3.05, 3.63) is 36.0 Å². The van der Waals surface area contributed by atoms with Crippen molar-refractivity contribution >= 4 is 16.8 Å². The number of aryl methyl sites for hydroxylation is 1. The second-order valence-electron chi connectivity index (χ2n) is 6.87. The first-order valence-corrected chi connectivity index (χ1v) is 8.51. The number of carbonyl (C=O) groups excluding carboxylic acids is 1. The molecule has 1 aliphatic heterocycles. The van der Waals surface area contributed by atoms with Crippen LogP contribution in [0.1, 0.15) is 37.2 Å². The van der Waals surface area contributed by atoms with Crippen LogP contribution >= 0.6 is 0 Å². The molecule has 0 spiro atoms. The SMILES string of the molecule is CC(C)COC1CCN(C(=O)c2cc3ccccc3n2C)CC1. The third-order valence-electron chi connectivity index (χ3n) is 4.57. The molecule has 0 saturated carbocycles. The lowest BCUT2D eigenvalue weighted by molar-refractivity contribution is -0.00248. The summed E-state index contributed by atoms with van der Waals surface area (Å²) < 4.78 is 7.91. The van der Waals surface area contributed by atoms with Crippen molar-refractivity contribution in [1.29, 1.82) is 0 Å². The van der Waals surface area contributed by atoms with Gasteiger partial charge in [-0.05, 0) is 30.9 Å². The Kier molecular flexibility index (Phi) is 4.71. The number of piperidine rings is 1. The molecule has 3 rings (SSSR count). The average Bonchev–Trinajstić information content (AvgIpc) is 2.90. The second kappa shape index (κ2) is 6.75. The molecule has 124 valence electrons. The third kappa shape index (κ3) is 3.42. The van der Waals surface area contributed by atoms with Gasteiger partial charge in [0.15, 0.2) is 0 Å². The van der Waals surface area contributed by atoms with Gasteiger partial charge >= 0.3 is 0 Å². The Labute approximate surface area is 138 Å². The van der Waals surface area contributed by atoms with Crippen LogP contribution in [-0.2, 0) is 11.8 Å². The van der Waals surface area contributed by atoms with Crippen molar-refractivity contribution in [1.82, 2.24) is 9.47 Å². The van der Waals surface area contributed by atoms with Crippen LogP contribution < -0.4 is 0 Å². The van der Waals surface area contributed by atoms with E-state index in [-0.39, 0.29) is 5.91 Å². The molecular weight excluding hydrogens is 288 g/mol. The summed E-state index contributed by atoms with van der Waals surface area (Å²) in [7, 11) is 1.97. The number of carbonyl (C=O) groups is 1. The number of aromatic nitrogens is 1.